The van der Waals surface area contributed by atoms with Crippen LogP contribution in [0.15, 0.2) is 54.9 Å². The number of likely N-dealkylation sites (tertiary alicyclic amines) is 1. The van der Waals surface area contributed by atoms with Crippen molar-refractivity contribution in [1.82, 2.24) is 20.2 Å². The Morgan fingerprint density at radius 2 is 1.87 bits per heavy atom. The fourth-order valence-corrected chi connectivity index (χ4v) is 4.25. The van der Waals surface area contributed by atoms with Crippen LogP contribution in [0.2, 0.25) is 0 Å². The monoisotopic (exact) mass is 418 g/mol. The van der Waals surface area contributed by atoms with Gasteiger partial charge in [-0.1, -0.05) is 24.3 Å². The van der Waals surface area contributed by atoms with Gasteiger partial charge in [-0.25, -0.2) is 4.98 Å². The first-order chi connectivity index (χ1) is 15.1. The van der Waals surface area contributed by atoms with Gasteiger partial charge in [0.1, 0.15) is 11.5 Å². The van der Waals surface area contributed by atoms with Crippen LogP contribution in [0.5, 0.6) is 11.5 Å². The van der Waals surface area contributed by atoms with Crippen LogP contribution >= 0.6 is 0 Å². The van der Waals surface area contributed by atoms with Gasteiger partial charge in [-0.2, -0.15) is 0 Å². The molecule has 2 aliphatic rings. The van der Waals surface area contributed by atoms with Gasteiger partial charge in [-0.15, -0.1) is 0 Å². The van der Waals surface area contributed by atoms with E-state index >= 15 is 0 Å². The fraction of sp³-hybridized carbons (Fsp3) is 0.333. The zero-order valence-corrected chi connectivity index (χ0v) is 17.5. The van der Waals surface area contributed by atoms with E-state index in [1.807, 2.05) is 55.5 Å². The molecule has 160 valence electrons. The largest absolute Gasteiger partial charge is 0.457 e. The van der Waals surface area contributed by atoms with Gasteiger partial charge < -0.3 is 19.8 Å². The minimum Gasteiger partial charge on any atom is -0.457 e. The third kappa shape index (κ3) is 4.62. The number of ether oxygens (including phenoxy) is 2. The number of imidazole rings is 1. The molecule has 7 nitrogen and oxygen atoms in total. The van der Waals surface area contributed by atoms with Crippen LogP contribution in [-0.4, -0.2) is 46.0 Å². The molecule has 31 heavy (non-hydrogen) atoms. The number of benzene rings is 2. The molecule has 7 heteroatoms. The zero-order valence-electron chi connectivity index (χ0n) is 17.5. The van der Waals surface area contributed by atoms with Crippen LogP contribution in [0.3, 0.4) is 0 Å². The Morgan fingerprint density at radius 3 is 2.65 bits per heavy atom. The van der Waals surface area contributed by atoms with E-state index in [-0.39, 0.29) is 18.1 Å². The molecule has 5 rings (SSSR count). The number of rotatable bonds is 2. The number of nitrogens with one attached hydrogen (secondary N) is 2. The van der Waals surface area contributed by atoms with Crippen LogP contribution < -0.4 is 10.1 Å². The topological polar surface area (TPSA) is 79.5 Å². The molecule has 0 saturated carbocycles. The number of nitrogens with zero attached hydrogens (tertiary/aromatic N) is 2. The molecule has 2 N–H and O–H groups in total. The molecule has 3 heterocycles. The summed E-state index contributed by atoms with van der Waals surface area (Å²) < 4.78 is 12.3. The lowest BCUT2D eigenvalue weighted by atomic mass is 10.1. The first-order valence-corrected chi connectivity index (χ1v) is 10.6. The fourth-order valence-electron chi connectivity index (χ4n) is 4.25. The van der Waals surface area contributed by atoms with Gasteiger partial charge in [0.05, 0.1) is 37.2 Å². The molecular formula is C24H26N4O3. The van der Waals surface area contributed by atoms with Gasteiger partial charge >= 0.3 is 0 Å². The number of aromatic nitrogens is 2. The lowest BCUT2D eigenvalue weighted by molar-refractivity contribution is -0.122. The SMILES string of the molecule is Cc1[nH]cnc1CN1C[C@@H]2NC(=O)Cc3cccc(c3)Oc3cccc(c3)CO[C@H]2C1. The first-order valence-electron chi connectivity index (χ1n) is 10.6. The predicted molar refractivity (Wildman–Crippen MR) is 116 cm³/mol. The molecule has 2 atom stereocenters. The third-order valence-corrected chi connectivity index (χ3v) is 5.86. The highest BCUT2D eigenvalue weighted by molar-refractivity contribution is 5.79. The Kier molecular flexibility index (Phi) is 5.44. The van der Waals surface area contributed by atoms with E-state index in [0.717, 1.165) is 53.6 Å². The average molecular weight is 418 g/mol. The van der Waals surface area contributed by atoms with E-state index in [2.05, 4.69) is 20.2 Å². The van der Waals surface area contributed by atoms with E-state index in [1.54, 1.807) is 6.33 Å². The van der Waals surface area contributed by atoms with Gasteiger partial charge in [-0.05, 0) is 42.3 Å². The van der Waals surface area contributed by atoms with Crippen molar-refractivity contribution in [1.29, 1.82) is 0 Å². The van der Waals surface area contributed by atoms with Gasteiger partial charge in [0.15, 0.2) is 0 Å². The lowest BCUT2D eigenvalue weighted by Gasteiger charge is -2.21. The zero-order chi connectivity index (χ0) is 21.2. The summed E-state index contributed by atoms with van der Waals surface area (Å²) in [5.74, 6) is 1.47. The van der Waals surface area contributed by atoms with Crippen molar-refractivity contribution in [3.05, 3.63) is 77.4 Å². The number of fused-ring (bicyclic) bond motifs is 5. The second kappa shape index (κ2) is 8.53. The molecule has 4 bridgehead atoms. The summed E-state index contributed by atoms with van der Waals surface area (Å²) in [6.07, 6.45) is 1.93. The molecule has 0 spiro atoms. The number of amides is 1. The Bertz CT molecular complexity index is 1080. The van der Waals surface area contributed by atoms with Crippen LogP contribution in [0.1, 0.15) is 22.5 Å². The van der Waals surface area contributed by atoms with Gasteiger partial charge in [0.25, 0.3) is 0 Å². The average Bonchev–Trinajstić information content (AvgIpc) is 3.32. The molecule has 1 amide bonds. The first kappa shape index (κ1) is 19.8. The Labute approximate surface area is 181 Å². The minimum absolute atomic E-state index is 0.0101. The maximum absolute atomic E-state index is 12.8. The maximum Gasteiger partial charge on any atom is 0.224 e. The second-order valence-electron chi connectivity index (χ2n) is 8.27. The molecule has 1 saturated heterocycles. The number of carbonyl (C=O) groups excluding carboxylic acids is 1. The van der Waals surface area contributed by atoms with Crippen LogP contribution in [0, 0.1) is 6.92 Å². The standard InChI is InChI=1S/C24H26N4O3/c1-16-21(26-15-25-16)11-28-12-22-23(13-28)30-14-18-5-3-7-20(9-18)31-19-6-2-4-17(8-19)10-24(29)27-22/h2-9,15,22-23H,10-14H2,1H3,(H,25,26)(H,27,29)/t22-,23-/m0/s1. The summed E-state index contributed by atoms with van der Waals surface area (Å²) in [5, 5.41) is 3.20. The van der Waals surface area contributed by atoms with E-state index in [9.17, 15) is 4.79 Å². The normalized spacial score (nSPS) is 21.6. The van der Waals surface area contributed by atoms with E-state index < -0.39 is 0 Å². The van der Waals surface area contributed by atoms with Crippen LogP contribution in [0.4, 0.5) is 0 Å². The van der Waals surface area contributed by atoms with Crippen LogP contribution in [0.25, 0.3) is 0 Å². The number of aromatic amines is 1. The summed E-state index contributed by atoms with van der Waals surface area (Å²) in [5.41, 5.74) is 4.05. The number of aryl methyl sites for hydroxylation is 1. The van der Waals surface area contributed by atoms with Crippen molar-refractivity contribution < 1.29 is 14.3 Å². The Balaban J connectivity index is 1.39. The van der Waals surface area contributed by atoms with Crippen LogP contribution in [-0.2, 0) is 29.1 Å². The summed E-state index contributed by atoms with van der Waals surface area (Å²) in [7, 11) is 0. The van der Waals surface area contributed by atoms with E-state index in [4.69, 9.17) is 9.47 Å². The smallest absolute Gasteiger partial charge is 0.224 e. The van der Waals surface area contributed by atoms with Gasteiger partial charge in [-0.3, -0.25) is 9.69 Å². The third-order valence-electron chi connectivity index (χ3n) is 5.86. The van der Waals surface area contributed by atoms with E-state index in [0.29, 0.717) is 13.0 Å². The van der Waals surface area contributed by atoms with Crippen molar-refractivity contribution >= 4 is 5.91 Å². The van der Waals surface area contributed by atoms with Crippen molar-refractivity contribution in [2.24, 2.45) is 0 Å². The molecule has 1 fully saturated rings. The Hall–Kier alpha value is -3.16. The second-order valence-corrected chi connectivity index (χ2v) is 8.27. The predicted octanol–water partition coefficient (Wildman–Crippen LogP) is 2.95. The van der Waals surface area contributed by atoms with Crippen molar-refractivity contribution in [2.45, 2.75) is 38.6 Å². The highest BCUT2D eigenvalue weighted by Gasteiger charge is 2.35. The van der Waals surface area contributed by atoms with E-state index in [1.165, 1.54) is 0 Å². The summed E-state index contributed by atoms with van der Waals surface area (Å²) in [4.78, 5) is 22.6. The highest BCUT2D eigenvalue weighted by atomic mass is 16.5. The van der Waals surface area contributed by atoms with Crippen molar-refractivity contribution in [3.63, 3.8) is 0 Å². The summed E-state index contributed by atoms with van der Waals surface area (Å²) >= 11 is 0. The van der Waals surface area contributed by atoms with Gasteiger partial charge in [0.2, 0.25) is 5.91 Å². The minimum atomic E-state index is -0.0953. The Morgan fingerprint density at radius 1 is 1.10 bits per heavy atom. The molecule has 0 aliphatic carbocycles. The number of hydrogen-bond acceptors (Lipinski definition) is 5. The molecule has 0 unspecified atom stereocenters. The lowest BCUT2D eigenvalue weighted by Crippen LogP contribution is -2.44. The molecule has 2 aromatic carbocycles. The quantitative estimate of drug-likeness (QED) is 0.669. The highest BCUT2D eigenvalue weighted by Crippen LogP contribution is 2.25. The molecule has 2 aliphatic heterocycles. The van der Waals surface area contributed by atoms with Crippen molar-refractivity contribution in [2.75, 3.05) is 13.1 Å². The number of hydrogen-bond donors (Lipinski definition) is 2. The molecule has 1 aromatic heterocycles. The number of carbonyl (C=O) groups is 1. The molecule has 0 radical (unpaired) electrons. The van der Waals surface area contributed by atoms with Crippen molar-refractivity contribution in [3.8, 4) is 11.5 Å². The van der Waals surface area contributed by atoms with Gasteiger partial charge in [0, 0.05) is 25.3 Å². The number of H-pyrrole nitrogens is 1. The molecular weight excluding hydrogens is 392 g/mol. The maximum atomic E-state index is 12.8. The summed E-state index contributed by atoms with van der Waals surface area (Å²) in [6.45, 7) is 4.68. The molecule has 3 aromatic rings. The summed E-state index contributed by atoms with van der Waals surface area (Å²) in [6, 6.07) is 15.6.